The van der Waals surface area contributed by atoms with Gasteiger partial charge < -0.3 is 15.0 Å². The van der Waals surface area contributed by atoms with Crippen LogP contribution in [-0.2, 0) is 6.42 Å². The van der Waals surface area contributed by atoms with Gasteiger partial charge in [0.15, 0.2) is 5.75 Å². The third-order valence-electron chi connectivity index (χ3n) is 4.41. The Morgan fingerprint density at radius 2 is 1.93 bits per heavy atom. The van der Waals surface area contributed by atoms with Crippen molar-refractivity contribution in [3.8, 4) is 11.4 Å². The van der Waals surface area contributed by atoms with Crippen LogP contribution in [0.3, 0.4) is 0 Å². The summed E-state index contributed by atoms with van der Waals surface area (Å²) >= 11 is 5.96. The molecule has 0 bridgehead atoms. The van der Waals surface area contributed by atoms with Crippen molar-refractivity contribution in [1.82, 2.24) is 20.0 Å². The molecule has 0 saturated carbocycles. The van der Waals surface area contributed by atoms with E-state index in [1.165, 1.54) is 0 Å². The minimum Gasteiger partial charge on any atom is -0.407 e. The molecule has 1 N–H and O–H groups in total. The number of hydrogen-bond donors (Lipinski definition) is 1. The molecule has 2 aromatic rings. The van der Waals surface area contributed by atoms with Crippen molar-refractivity contribution < 1.29 is 9.53 Å². The molecule has 2 rings (SSSR count). The van der Waals surface area contributed by atoms with E-state index in [0.29, 0.717) is 17.3 Å². The molecule has 148 valence electrons. The lowest BCUT2D eigenvalue weighted by atomic mass is 10.2. The Labute approximate surface area is 166 Å². The van der Waals surface area contributed by atoms with Gasteiger partial charge in [0.25, 0.3) is 0 Å². The van der Waals surface area contributed by atoms with Gasteiger partial charge >= 0.3 is 6.09 Å². The number of aromatic nitrogens is 2. The number of amides is 1. The van der Waals surface area contributed by atoms with Gasteiger partial charge in [-0.3, -0.25) is 0 Å². The summed E-state index contributed by atoms with van der Waals surface area (Å²) in [5.74, 6) is 0.494. The summed E-state index contributed by atoms with van der Waals surface area (Å²) in [5, 5.41) is 7.88. The molecule has 1 heterocycles. The molecule has 0 aliphatic carbocycles. The van der Waals surface area contributed by atoms with E-state index in [9.17, 15) is 4.79 Å². The van der Waals surface area contributed by atoms with Crippen molar-refractivity contribution in [1.29, 1.82) is 0 Å². The van der Waals surface area contributed by atoms with E-state index in [0.717, 1.165) is 50.3 Å². The van der Waals surface area contributed by atoms with Crippen LogP contribution in [0.15, 0.2) is 30.5 Å². The van der Waals surface area contributed by atoms with Crippen molar-refractivity contribution >= 4 is 17.7 Å². The first-order chi connectivity index (χ1) is 13.1. The normalized spacial score (nSPS) is 11.0. The molecule has 0 fully saturated rings. The highest BCUT2D eigenvalue weighted by Gasteiger charge is 2.16. The van der Waals surface area contributed by atoms with Gasteiger partial charge in [-0.2, -0.15) is 5.10 Å². The second-order valence-electron chi connectivity index (χ2n) is 6.29. The quantitative estimate of drug-likeness (QED) is 0.612. The summed E-state index contributed by atoms with van der Waals surface area (Å²) in [6, 6.07) is 7.42. The summed E-state index contributed by atoms with van der Waals surface area (Å²) in [5.41, 5.74) is 1.76. The van der Waals surface area contributed by atoms with E-state index in [-0.39, 0.29) is 0 Å². The number of halogens is 1. The molecular formula is C20H29ClN4O2. The van der Waals surface area contributed by atoms with E-state index in [4.69, 9.17) is 16.3 Å². The first kappa shape index (κ1) is 21.3. The average molecular weight is 393 g/mol. The molecule has 7 heteroatoms. The zero-order chi connectivity index (χ0) is 19.6. The molecule has 1 aromatic carbocycles. The number of carbonyl (C=O) groups is 1. The SMILES string of the molecule is CCCc1c(OC(=O)NCCCN(CC)CC)cnn1-c1ccc(Cl)cc1. The van der Waals surface area contributed by atoms with Crippen molar-refractivity contribution in [2.24, 2.45) is 0 Å². The Morgan fingerprint density at radius 3 is 2.56 bits per heavy atom. The predicted octanol–water partition coefficient (Wildman–Crippen LogP) is 4.30. The van der Waals surface area contributed by atoms with Gasteiger partial charge in [-0.1, -0.05) is 38.8 Å². The van der Waals surface area contributed by atoms with Crippen molar-refractivity contribution in [3.63, 3.8) is 0 Å². The molecule has 1 aromatic heterocycles. The second-order valence-corrected chi connectivity index (χ2v) is 6.73. The maximum absolute atomic E-state index is 12.1. The molecule has 27 heavy (non-hydrogen) atoms. The minimum atomic E-state index is -0.442. The number of hydrogen-bond acceptors (Lipinski definition) is 4. The van der Waals surface area contributed by atoms with Gasteiger partial charge in [0, 0.05) is 11.6 Å². The lowest BCUT2D eigenvalue weighted by Gasteiger charge is -2.17. The average Bonchev–Trinajstić information content (AvgIpc) is 3.05. The molecule has 0 aliphatic rings. The van der Waals surface area contributed by atoms with Crippen LogP contribution < -0.4 is 10.1 Å². The fraction of sp³-hybridized carbons (Fsp3) is 0.500. The van der Waals surface area contributed by atoms with Gasteiger partial charge in [0.1, 0.15) is 0 Å². The first-order valence-corrected chi connectivity index (χ1v) is 9.97. The monoisotopic (exact) mass is 392 g/mol. The van der Waals surface area contributed by atoms with Crippen LogP contribution in [0.25, 0.3) is 5.69 Å². The Balaban J connectivity index is 1.97. The fourth-order valence-electron chi connectivity index (χ4n) is 2.88. The van der Waals surface area contributed by atoms with Crippen LogP contribution in [0.2, 0.25) is 5.02 Å². The third-order valence-corrected chi connectivity index (χ3v) is 4.66. The standard InChI is InChI=1S/C20H29ClN4O2/c1-4-8-18-19(15-23-25(18)17-11-9-16(21)10-12-17)27-20(26)22-13-7-14-24(5-2)6-3/h9-12,15H,4-8,13-14H2,1-3H3,(H,22,26). The number of ether oxygens (including phenoxy) is 1. The van der Waals surface area contributed by atoms with Crippen LogP contribution in [0, 0.1) is 0 Å². The second kappa shape index (κ2) is 10.9. The van der Waals surface area contributed by atoms with Crippen LogP contribution in [0.4, 0.5) is 4.79 Å². The molecule has 6 nitrogen and oxygen atoms in total. The van der Waals surface area contributed by atoms with E-state index >= 15 is 0 Å². The molecule has 0 spiro atoms. The van der Waals surface area contributed by atoms with Crippen molar-refractivity contribution in [3.05, 3.63) is 41.2 Å². The summed E-state index contributed by atoms with van der Waals surface area (Å²) in [6.07, 6.45) is 3.72. The number of rotatable bonds is 10. The zero-order valence-electron chi connectivity index (χ0n) is 16.4. The van der Waals surface area contributed by atoms with Gasteiger partial charge in [0.2, 0.25) is 0 Å². The number of nitrogens with one attached hydrogen (secondary N) is 1. The molecule has 0 saturated heterocycles. The minimum absolute atomic E-state index is 0.442. The third kappa shape index (κ3) is 6.26. The largest absolute Gasteiger partial charge is 0.412 e. The lowest BCUT2D eigenvalue weighted by Crippen LogP contribution is -2.31. The van der Waals surface area contributed by atoms with Crippen LogP contribution >= 0.6 is 11.6 Å². The molecule has 0 aliphatic heterocycles. The molecule has 1 amide bonds. The Hall–Kier alpha value is -2.05. The van der Waals surface area contributed by atoms with E-state index in [1.54, 1.807) is 10.9 Å². The summed E-state index contributed by atoms with van der Waals surface area (Å²) < 4.78 is 7.31. The van der Waals surface area contributed by atoms with E-state index in [2.05, 4.69) is 36.1 Å². The first-order valence-electron chi connectivity index (χ1n) is 9.59. The van der Waals surface area contributed by atoms with Gasteiger partial charge in [0.05, 0.1) is 17.6 Å². The highest BCUT2D eigenvalue weighted by atomic mass is 35.5. The summed E-state index contributed by atoms with van der Waals surface area (Å²) in [7, 11) is 0. The Kier molecular flexibility index (Phi) is 8.61. The van der Waals surface area contributed by atoms with Crippen LogP contribution in [0.5, 0.6) is 5.75 Å². The van der Waals surface area contributed by atoms with Crippen molar-refractivity contribution in [2.45, 2.75) is 40.0 Å². The molecular weight excluding hydrogens is 364 g/mol. The Bertz CT molecular complexity index is 711. The maximum Gasteiger partial charge on any atom is 0.412 e. The number of benzene rings is 1. The Morgan fingerprint density at radius 1 is 1.22 bits per heavy atom. The zero-order valence-corrected chi connectivity index (χ0v) is 17.1. The smallest absolute Gasteiger partial charge is 0.407 e. The van der Waals surface area contributed by atoms with E-state index < -0.39 is 6.09 Å². The van der Waals surface area contributed by atoms with Crippen molar-refractivity contribution in [2.75, 3.05) is 26.2 Å². The molecule has 0 unspecified atom stereocenters. The topological polar surface area (TPSA) is 59.4 Å². The summed E-state index contributed by atoms with van der Waals surface area (Å²) in [4.78, 5) is 14.5. The van der Waals surface area contributed by atoms with Crippen LogP contribution in [-0.4, -0.2) is 47.0 Å². The van der Waals surface area contributed by atoms with Crippen LogP contribution in [0.1, 0.15) is 39.3 Å². The highest BCUT2D eigenvalue weighted by Crippen LogP contribution is 2.24. The summed E-state index contributed by atoms with van der Waals surface area (Å²) in [6.45, 7) is 9.94. The van der Waals surface area contributed by atoms with E-state index in [1.807, 2.05) is 24.3 Å². The fourth-order valence-corrected chi connectivity index (χ4v) is 3.01. The number of nitrogens with zero attached hydrogens (tertiary/aromatic N) is 3. The molecule has 0 atom stereocenters. The molecule has 0 radical (unpaired) electrons. The number of carbonyl (C=O) groups excluding carboxylic acids is 1. The van der Waals surface area contributed by atoms with Gasteiger partial charge in [-0.05, 0) is 56.7 Å². The van der Waals surface area contributed by atoms with Gasteiger partial charge in [-0.25, -0.2) is 9.48 Å². The lowest BCUT2D eigenvalue weighted by molar-refractivity contribution is 0.199. The van der Waals surface area contributed by atoms with Gasteiger partial charge in [-0.15, -0.1) is 0 Å². The maximum atomic E-state index is 12.1. The highest BCUT2D eigenvalue weighted by molar-refractivity contribution is 6.30. The predicted molar refractivity (Wildman–Crippen MR) is 109 cm³/mol.